The fourth-order valence-corrected chi connectivity index (χ4v) is 3.61. The van der Waals surface area contributed by atoms with Crippen LogP contribution in [0.25, 0.3) is 0 Å². The quantitative estimate of drug-likeness (QED) is 0.663. The maximum absolute atomic E-state index is 12.4. The number of aliphatic hydroxyl groups is 1. The first-order valence-corrected chi connectivity index (χ1v) is 7.72. The molecule has 6 nitrogen and oxygen atoms in total. The molecule has 0 saturated carbocycles. The first kappa shape index (κ1) is 16.9. The molecular formula is C13H22N2O4S. The van der Waals surface area contributed by atoms with Crippen LogP contribution in [0.5, 0.6) is 0 Å². The Bertz CT molecular complexity index is 558. The normalized spacial score (nSPS) is 13.4. The van der Waals surface area contributed by atoms with Gasteiger partial charge >= 0.3 is 0 Å². The standard InChI is InChI=1S/C13H22N2O4S/c1-8-5-12(14)10(3)13(9(8)2)20(17,18)15-6-11(16)7-19-4/h5,11,15-16H,6-7,14H2,1-4H3. The number of hydrogen-bond donors (Lipinski definition) is 3. The van der Waals surface area contributed by atoms with Gasteiger partial charge in [0.2, 0.25) is 10.0 Å². The number of ether oxygens (including phenoxy) is 1. The Morgan fingerprint density at radius 3 is 2.50 bits per heavy atom. The number of sulfonamides is 1. The first-order chi connectivity index (χ1) is 9.20. The number of benzene rings is 1. The van der Waals surface area contributed by atoms with Crippen molar-refractivity contribution >= 4 is 15.7 Å². The summed E-state index contributed by atoms with van der Waals surface area (Å²) in [6.07, 6.45) is -0.891. The van der Waals surface area contributed by atoms with Crippen molar-refractivity contribution in [3.05, 3.63) is 22.8 Å². The molecule has 0 amide bonds. The zero-order valence-corrected chi connectivity index (χ0v) is 13.0. The Hall–Kier alpha value is -1.15. The predicted molar refractivity (Wildman–Crippen MR) is 78.1 cm³/mol. The highest BCUT2D eigenvalue weighted by atomic mass is 32.2. The van der Waals surface area contributed by atoms with E-state index in [0.717, 1.165) is 5.56 Å². The van der Waals surface area contributed by atoms with Gasteiger partial charge in [0, 0.05) is 19.3 Å². The molecule has 1 unspecified atom stereocenters. The van der Waals surface area contributed by atoms with Crippen LogP contribution in [0.1, 0.15) is 16.7 Å². The molecule has 0 fully saturated rings. The van der Waals surface area contributed by atoms with E-state index in [1.54, 1.807) is 19.9 Å². The number of anilines is 1. The number of methoxy groups -OCH3 is 1. The van der Waals surface area contributed by atoms with Gasteiger partial charge in [-0.3, -0.25) is 0 Å². The highest BCUT2D eigenvalue weighted by Crippen LogP contribution is 2.27. The zero-order valence-electron chi connectivity index (χ0n) is 12.2. The van der Waals surface area contributed by atoms with Crippen LogP contribution in [0.15, 0.2) is 11.0 Å². The van der Waals surface area contributed by atoms with Gasteiger partial charge in [-0.25, -0.2) is 13.1 Å². The van der Waals surface area contributed by atoms with Crippen molar-refractivity contribution in [3.63, 3.8) is 0 Å². The van der Waals surface area contributed by atoms with Gasteiger partial charge in [0.25, 0.3) is 0 Å². The van der Waals surface area contributed by atoms with E-state index < -0.39 is 16.1 Å². The molecule has 20 heavy (non-hydrogen) atoms. The van der Waals surface area contributed by atoms with Gasteiger partial charge in [0.05, 0.1) is 17.6 Å². The molecule has 0 aliphatic carbocycles. The fourth-order valence-electron chi connectivity index (χ4n) is 1.97. The molecule has 1 aromatic rings. The fraction of sp³-hybridized carbons (Fsp3) is 0.538. The maximum atomic E-state index is 12.4. The number of aliphatic hydroxyl groups excluding tert-OH is 1. The van der Waals surface area contributed by atoms with E-state index in [0.29, 0.717) is 16.8 Å². The average Bonchev–Trinajstić information content (AvgIpc) is 2.35. The van der Waals surface area contributed by atoms with Crippen molar-refractivity contribution in [1.82, 2.24) is 4.72 Å². The van der Waals surface area contributed by atoms with Gasteiger partial charge in [0.15, 0.2) is 0 Å². The lowest BCUT2D eigenvalue weighted by Gasteiger charge is -2.17. The Morgan fingerprint density at radius 1 is 1.35 bits per heavy atom. The molecule has 1 rings (SSSR count). The number of nitrogens with two attached hydrogens (primary N) is 1. The third-order valence-electron chi connectivity index (χ3n) is 3.21. The molecule has 0 aromatic heterocycles. The summed E-state index contributed by atoms with van der Waals surface area (Å²) >= 11 is 0. The lowest BCUT2D eigenvalue weighted by molar-refractivity contribution is 0.0679. The third kappa shape index (κ3) is 3.69. The van der Waals surface area contributed by atoms with E-state index in [9.17, 15) is 13.5 Å². The summed E-state index contributed by atoms with van der Waals surface area (Å²) in [5.41, 5.74) is 8.25. The average molecular weight is 302 g/mol. The lowest BCUT2D eigenvalue weighted by Crippen LogP contribution is -2.35. The van der Waals surface area contributed by atoms with Crippen molar-refractivity contribution in [2.24, 2.45) is 0 Å². The summed E-state index contributed by atoms with van der Waals surface area (Å²) in [6, 6.07) is 1.75. The maximum Gasteiger partial charge on any atom is 0.241 e. The molecular weight excluding hydrogens is 280 g/mol. The Labute approximate surface area is 120 Å². The molecule has 0 radical (unpaired) electrons. The van der Waals surface area contributed by atoms with Gasteiger partial charge in [-0.1, -0.05) is 0 Å². The van der Waals surface area contributed by atoms with Crippen LogP contribution in [-0.4, -0.2) is 39.9 Å². The minimum Gasteiger partial charge on any atom is -0.398 e. The monoisotopic (exact) mass is 302 g/mol. The molecule has 7 heteroatoms. The molecule has 0 heterocycles. The SMILES string of the molecule is COCC(O)CNS(=O)(=O)c1c(C)c(C)cc(N)c1C. The van der Waals surface area contributed by atoms with Gasteiger partial charge in [0.1, 0.15) is 0 Å². The van der Waals surface area contributed by atoms with E-state index in [4.69, 9.17) is 10.5 Å². The highest BCUT2D eigenvalue weighted by molar-refractivity contribution is 7.89. The second kappa shape index (κ2) is 6.53. The molecule has 0 bridgehead atoms. The van der Waals surface area contributed by atoms with Crippen LogP contribution in [0.2, 0.25) is 0 Å². The first-order valence-electron chi connectivity index (χ1n) is 6.23. The predicted octanol–water partition coefficient (Wildman–Crippen LogP) is 0.480. The molecule has 0 spiro atoms. The Kier molecular flexibility index (Phi) is 5.52. The largest absolute Gasteiger partial charge is 0.398 e. The van der Waals surface area contributed by atoms with Crippen LogP contribution in [0, 0.1) is 20.8 Å². The van der Waals surface area contributed by atoms with E-state index in [-0.39, 0.29) is 18.0 Å². The van der Waals surface area contributed by atoms with E-state index in [2.05, 4.69) is 4.72 Å². The molecule has 4 N–H and O–H groups in total. The highest BCUT2D eigenvalue weighted by Gasteiger charge is 2.23. The summed E-state index contributed by atoms with van der Waals surface area (Å²) in [5, 5.41) is 9.53. The Morgan fingerprint density at radius 2 is 1.95 bits per heavy atom. The summed E-state index contributed by atoms with van der Waals surface area (Å²) in [5.74, 6) is 0. The second-order valence-electron chi connectivity index (χ2n) is 4.82. The lowest BCUT2D eigenvalue weighted by atomic mass is 10.1. The minimum absolute atomic E-state index is 0.0659. The zero-order chi connectivity index (χ0) is 15.5. The number of nitrogen functional groups attached to an aromatic ring is 1. The Balaban J connectivity index is 3.10. The molecule has 0 aliphatic heterocycles. The van der Waals surface area contributed by atoms with Crippen LogP contribution >= 0.6 is 0 Å². The molecule has 114 valence electrons. The summed E-state index contributed by atoms with van der Waals surface area (Å²) in [7, 11) is -2.29. The number of rotatable bonds is 6. The molecule has 0 saturated heterocycles. The van der Waals surface area contributed by atoms with E-state index in [1.165, 1.54) is 7.11 Å². The van der Waals surface area contributed by atoms with Crippen LogP contribution in [-0.2, 0) is 14.8 Å². The van der Waals surface area contributed by atoms with Crippen molar-refractivity contribution in [2.45, 2.75) is 31.8 Å². The van der Waals surface area contributed by atoms with Crippen molar-refractivity contribution in [2.75, 3.05) is 26.0 Å². The number of aryl methyl sites for hydroxylation is 1. The van der Waals surface area contributed by atoms with E-state index >= 15 is 0 Å². The van der Waals surface area contributed by atoms with Crippen LogP contribution in [0.4, 0.5) is 5.69 Å². The van der Waals surface area contributed by atoms with Crippen molar-refractivity contribution < 1.29 is 18.3 Å². The van der Waals surface area contributed by atoms with Gasteiger partial charge in [-0.2, -0.15) is 0 Å². The van der Waals surface area contributed by atoms with Crippen LogP contribution < -0.4 is 10.5 Å². The van der Waals surface area contributed by atoms with Gasteiger partial charge in [-0.05, 0) is 43.5 Å². The molecule has 1 atom stereocenters. The summed E-state index contributed by atoms with van der Waals surface area (Å²) < 4.78 is 31.9. The third-order valence-corrected chi connectivity index (χ3v) is 4.91. The van der Waals surface area contributed by atoms with Crippen molar-refractivity contribution in [1.29, 1.82) is 0 Å². The molecule has 1 aromatic carbocycles. The van der Waals surface area contributed by atoms with Gasteiger partial charge in [-0.15, -0.1) is 0 Å². The summed E-state index contributed by atoms with van der Waals surface area (Å²) in [4.78, 5) is 0.180. The van der Waals surface area contributed by atoms with E-state index in [1.807, 2.05) is 6.92 Å². The van der Waals surface area contributed by atoms with Crippen LogP contribution in [0.3, 0.4) is 0 Å². The minimum atomic E-state index is -3.73. The number of nitrogens with one attached hydrogen (secondary N) is 1. The second-order valence-corrected chi connectivity index (χ2v) is 6.53. The van der Waals surface area contributed by atoms with Crippen molar-refractivity contribution in [3.8, 4) is 0 Å². The molecule has 0 aliphatic rings. The smallest absolute Gasteiger partial charge is 0.241 e. The topological polar surface area (TPSA) is 102 Å². The summed E-state index contributed by atoms with van der Waals surface area (Å²) in [6.45, 7) is 5.17. The van der Waals surface area contributed by atoms with Gasteiger partial charge < -0.3 is 15.6 Å². The number of hydrogen-bond acceptors (Lipinski definition) is 5.